The summed E-state index contributed by atoms with van der Waals surface area (Å²) in [4.78, 5) is 24.6. The summed E-state index contributed by atoms with van der Waals surface area (Å²) in [6.45, 7) is 3.31. The summed E-state index contributed by atoms with van der Waals surface area (Å²) in [6.07, 6.45) is 2.55. The summed E-state index contributed by atoms with van der Waals surface area (Å²) in [5.41, 5.74) is 0. The van der Waals surface area contributed by atoms with Crippen molar-refractivity contribution in [1.82, 2.24) is 9.97 Å². The highest BCUT2D eigenvalue weighted by atomic mass is 32.2. The SMILES string of the molecule is COc1cc(OC)nc(NC(=O)[N+]2(C(C)C)C=CN=C2S(N)(=O)=O)n1. The number of urea groups is 1. The number of carbonyl (C=O) groups is 1. The highest BCUT2D eigenvalue weighted by Crippen LogP contribution is 2.26. The van der Waals surface area contributed by atoms with Crippen LogP contribution in [0.15, 0.2) is 23.5 Å². The van der Waals surface area contributed by atoms with Crippen molar-refractivity contribution in [3.63, 3.8) is 0 Å². The number of sulfonamides is 1. The van der Waals surface area contributed by atoms with Crippen molar-refractivity contribution in [2.75, 3.05) is 19.5 Å². The van der Waals surface area contributed by atoms with Gasteiger partial charge in [-0.15, -0.1) is 0 Å². The molecule has 0 fully saturated rings. The summed E-state index contributed by atoms with van der Waals surface area (Å²) in [7, 11) is -1.42. The fraction of sp³-hybridized carbons (Fsp3) is 0.385. The Kier molecular flexibility index (Phi) is 5.06. The van der Waals surface area contributed by atoms with Crippen LogP contribution in [0.25, 0.3) is 0 Å². The first-order valence-electron chi connectivity index (χ1n) is 7.11. The lowest BCUT2D eigenvalue weighted by Crippen LogP contribution is -2.61. The number of aliphatic imine (C=N–C) groups is 1. The predicted octanol–water partition coefficient (Wildman–Crippen LogP) is 0.380. The monoisotopic (exact) mass is 371 g/mol. The van der Waals surface area contributed by atoms with Crippen LogP contribution < -0.4 is 19.9 Å². The minimum Gasteiger partial charge on any atom is -0.481 e. The van der Waals surface area contributed by atoms with Gasteiger partial charge in [-0.1, -0.05) is 0 Å². The molecule has 1 aromatic rings. The molecule has 0 saturated heterocycles. The average Bonchev–Trinajstić information content (AvgIpc) is 3.01. The summed E-state index contributed by atoms with van der Waals surface area (Å²) < 4.78 is 33.0. The van der Waals surface area contributed by atoms with Crippen LogP contribution in [0, 0.1) is 0 Å². The summed E-state index contributed by atoms with van der Waals surface area (Å²) in [5, 5.41) is 7.18. The number of amidine groups is 1. The number of methoxy groups -OCH3 is 2. The quantitative estimate of drug-likeness (QED) is 0.727. The minimum atomic E-state index is -4.21. The first-order chi connectivity index (χ1) is 11.6. The molecule has 2 amide bonds. The average molecular weight is 371 g/mol. The van der Waals surface area contributed by atoms with Gasteiger partial charge in [0.25, 0.3) is 0 Å². The van der Waals surface area contributed by atoms with Crippen LogP contribution in [0.2, 0.25) is 0 Å². The van der Waals surface area contributed by atoms with Gasteiger partial charge >= 0.3 is 21.2 Å². The Morgan fingerprint density at radius 3 is 2.24 bits per heavy atom. The third-order valence-corrected chi connectivity index (χ3v) is 4.44. The van der Waals surface area contributed by atoms with Crippen LogP contribution >= 0.6 is 0 Å². The number of anilines is 1. The molecule has 1 atom stereocenters. The highest BCUT2D eigenvalue weighted by molar-refractivity contribution is 8.04. The van der Waals surface area contributed by atoms with Gasteiger partial charge in [-0.2, -0.15) is 27.9 Å². The molecule has 0 aliphatic carbocycles. The topological polar surface area (TPSA) is 146 Å². The van der Waals surface area contributed by atoms with Crippen molar-refractivity contribution < 1.29 is 27.2 Å². The fourth-order valence-corrected chi connectivity index (χ4v) is 3.27. The third kappa shape index (κ3) is 3.45. The molecule has 25 heavy (non-hydrogen) atoms. The van der Waals surface area contributed by atoms with Gasteiger partial charge in [-0.05, 0) is 13.8 Å². The van der Waals surface area contributed by atoms with E-state index in [4.69, 9.17) is 14.6 Å². The second-order valence-corrected chi connectivity index (χ2v) is 6.79. The van der Waals surface area contributed by atoms with Crippen molar-refractivity contribution in [2.45, 2.75) is 19.9 Å². The number of aromatic nitrogens is 2. The van der Waals surface area contributed by atoms with E-state index < -0.39 is 31.7 Å². The number of rotatable bonds is 4. The number of ether oxygens (including phenoxy) is 2. The lowest BCUT2D eigenvalue weighted by Gasteiger charge is -2.31. The molecule has 12 heteroatoms. The number of nitrogens with zero attached hydrogens (tertiary/aromatic N) is 4. The summed E-state index contributed by atoms with van der Waals surface area (Å²) in [6, 6.07) is 0.172. The Labute approximate surface area is 144 Å². The van der Waals surface area contributed by atoms with Gasteiger partial charge in [0.15, 0.2) is 0 Å². The normalized spacial score (nSPS) is 19.7. The van der Waals surface area contributed by atoms with Gasteiger partial charge < -0.3 is 9.47 Å². The Balaban J connectivity index is 2.44. The van der Waals surface area contributed by atoms with Gasteiger partial charge in [0.2, 0.25) is 17.7 Å². The van der Waals surface area contributed by atoms with Crippen molar-refractivity contribution in [3.05, 3.63) is 18.5 Å². The van der Waals surface area contributed by atoms with Crippen LogP contribution in [0.5, 0.6) is 11.8 Å². The molecule has 0 spiro atoms. The van der Waals surface area contributed by atoms with Gasteiger partial charge in [0, 0.05) is 0 Å². The lowest BCUT2D eigenvalue weighted by atomic mass is 10.3. The van der Waals surface area contributed by atoms with E-state index in [-0.39, 0.29) is 17.7 Å². The van der Waals surface area contributed by atoms with Crippen molar-refractivity contribution in [3.8, 4) is 11.8 Å². The second-order valence-electron chi connectivity index (χ2n) is 5.33. The number of primary sulfonamides is 1. The Bertz CT molecular complexity index is 828. The molecule has 0 aromatic carbocycles. The predicted molar refractivity (Wildman–Crippen MR) is 89.2 cm³/mol. The van der Waals surface area contributed by atoms with Gasteiger partial charge in [-0.3, -0.25) is 0 Å². The first-order valence-corrected chi connectivity index (χ1v) is 8.65. The fourth-order valence-electron chi connectivity index (χ4n) is 2.28. The molecule has 1 unspecified atom stereocenters. The molecule has 11 nitrogen and oxygen atoms in total. The number of amides is 2. The Hall–Kier alpha value is -2.57. The van der Waals surface area contributed by atoms with Gasteiger partial charge in [0.05, 0.1) is 26.5 Å². The largest absolute Gasteiger partial charge is 0.481 e. The van der Waals surface area contributed by atoms with E-state index >= 15 is 0 Å². The summed E-state index contributed by atoms with van der Waals surface area (Å²) >= 11 is 0. The van der Waals surface area contributed by atoms with E-state index in [2.05, 4.69) is 20.3 Å². The minimum absolute atomic E-state index is 0.117. The van der Waals surface area contributed by atoms with E-state index in [9.17, 15) is 13.2 Å². The number of hydrogen-bond acceptors (Lipinski definition) is 8. The van der Waals surface area contributed by atoms with Crippen LogP contribution in [0.1, 0.15) is 13.8 Å². The molecule has 1 aliphatic heterocycles. The van der Waals surface area contributed by atoms with Gasteiger partial charge in [-0.25, -0.2) is 15.3 Å². The Morgan fingerprint density at radius 2 is 1.80 bits per heavy atom. The van der Waals surface area contributed by atoms with Crippen LogP contribution in [-0.2, 0) is 10.0 Å². The molecule has 0 radical (unpaired) electrons. The van der Waals surface area contributed by atoms with E-state index in [1.165, 1.54) is 32.7 Å². The highest BCUT2D eigenvalue weighted by Gasteiger charge is 2.52. The maximum absolute atomic E-state index is 12.9. The molecule has 0 bridgehead atoms. The van der Waals surface area contributed by atoms with Crippen LogP contribution in [-0.4, -0.2) is 54.3 Å². The smallest absolute Gasteiger partial charge is 0.435 e. The molecule has 2 heterocycles. The molecular formula is C13H19N6O5S+. The molecular weight excluding hydrogens is 352 g/mol. The first kappa shape index (κ1) is 18.8. The molecule has 136 valence electrons. The zero-order valence-corrected chi connectivity index (χ0v) is 14.9. The number of hydrogen-bond donors (Lipinski definition) is 2. The van der Waals surface area contributed by atoms with Crippen molar-refractivity contribution >= 4 is 27.2 Å². The maximum Gasteiger partial charge on any atom is 0.435 e. The molecule has 1 aromatic heterocycles. The lowest BCUT2D eigenvalue weighted by molar-refractivity contribution is -0.718. The zero-order chi connectivity index (χ0) is 18.8. The van der Waals surface area contributed by atoms with E-state index in [0.717, 1.165) is 0 Å². The molecule has 1 aliphatic rings. The number of nitrogens with two attached hydrogens (primary N) is 1. The second kappa shape index (κ2) is 6.74. The maximum atomic E-state index is 12.9. The zero-order valence-electron chi connectivity index (χ0n) is 14.1. The molecule has 3 N–H and O–H groups in total. The van der Waals surface area contributed by atoms with Crippen LogP contribution in [0.3, 0.4) is 0 Å². The number of carbonyl (C=O) groups excluding carboxylic acids is 1. The molecule has 2 rings (SSSR count). The number of quaternary nitrogens is 1. The van der Waals surface area contributed by atoms with Crippen molar-refractivity contribution in [1.29, 1.82) is 0 Å². The van der Waals surface area contributed by atoms with E-state index in [0.29, 0.717) is 0 Å². The van der Waals surface area contributed by atoms with Gasteiger partial charge in [0.1, 0.15) is 12.2 Å². The van der Waals surface area contributed by atoms with E-state index in [1.807, 2.05) is 0 Å². The standard InChI is InChI=1S/C13H18N6O5S/c1-8(2)19(6-5-15-13(19)25(14,21)22)12(20)18-11-16-9(23-3)7-10(17-11)24-4/h5-8H,1-4H3,(H2-,14,16,17,18,20,21,22)/p+1. The third-order valence-electron chi connectivity index (χ3n) is 3.52. The van der Waals surface area contributed by atoms with Crippen LogP contribution in [0.4, 0.5) is 10.7 Å². The van der Waals surface area contributed by atoms with E-state index in [1.54, 1.807) is 13.8 Å². The Morgan fingerprint density at radius 1 is 1.24 bits per heavy atom. The summed E-state index contributed by atoms with van der Waals surface area (Å²) in [5.74, 6) is 0.208. The number of nitrogens with one attached hydrogen (secondary N) is 1. The van der Waals surface area contributed by atoms with Crippen molar-refractivity contribution in [2.24, 2.45) is 10.1 Å². The molecule has 0 saturated carbocycles.